The van der Waals surface area contributed by atoms with E-state index in [1.807, 2.05) is 53.4 Å². The van der Waals surface area contributed by atoms with Gasteiger partial charge in [0.05, 0.1) is 0 Å². The first-order valence-electron chi connectivity index (χ1n) is 8.40. The minimum atomic E-state index is -0.287. The average Bonchev–Trinajstić information content (AvgIpc) is 3.15. The maximum Gasteiger partial charge on any atom is 0.244 e. The molecule has 0 aromatic heterocycles. The lowest BCUT2D eigenvalue weighted by Crippen LogP contribution is -2.40. The number of carbonyl (C=O) groups is 1. The number of hydrogen-bond donors (Lipinski definition) is 1. The van der Waals surface area contributed by atoms with Crippen LogP contribution in [0.25, 0.3) is 0 Å². The van der Waals surface area contributed by atoms with Crippen LogP contribution in [0.4, 0.5) is 0 Å². The molecule has 1 aliphatic rings. The summed E-state index contributed by atoms with van der Waals surface area (Å²) in [6.45, 7) is 3.87. The molecule has 2 aromatic carbocycles. The highest BCUT2D eigenvalue weighted by molar-refractivity contribution is 5.83. The van der Waals surface area contributed by atoms with Crippen LogP contribution in [-0.2, 0) is 4.79 Å². The fourth-order valence-electron chi connectivity index (χ4n) is 3.16. The Morgan fingerprint density at radius 1 is 0.913 bits per heavy atom. The predicted octanol–water partition coefficient (Wildman–Crippen LogP) is 3.70. The smallest absolute Gasteiger partial charge is 0.244 e. The number of benzene rings is 2. The molecule has 1 heterocycles. The van der Waals surface area contributed by atoms with Gasteiger partial charge in [-0.1, -0.05) is 60.7 Å². The Hall–Kier alpha value is -2.13. The van der Waals surface area contributed by atoms with Gasteiger partial charge in [-0.15, -0.1) is 0 Å². The molecule has 1 saturated heterocycles. The third kappa shape index (κ3) is 3.80. The number of carbonyl (C=O) groups excluding carboxylic acids is 1. The summed E-state index contributed by atoms with van der Waals surface area (Å²) in [5.41, 5.74) is 2.23. The van der Waals surface area contributed by atoms with Gasteiger partial charge in [0.2, 0.25) is 5.91 Å². The van der Waals surface area contributed by atoms with Crippen molar-refractivity contribution >= 4 is 5.91 Å². The molecule has 3 rings (SSSR count). The molecule has 23 heavy (non-hydrogen) atoms. The van der Waals surface area contributed by atoms with Crippen molar-refractivity contribution < 1.29 is 4.79 Å². The summed E-state index contributed by atoms with van der Waals surface area (Å²) in [5.74, 6) is 0.191. The van der Waals surface area contributed by atoms with E-state index in [0.717, 1.165) is 31.5 Å². The van der Waals surface area contributed by atoms with E-state index < -0.39 is 0 Å². The van der Waals surface area contributed by atoms with Crippen LogP contribution in [-0.4, -0.2) is 23.9 Å². The summed E-state index contributed by atoms with van der Waals surface area (Å²) in [4.78, 5) is 15.0. The first kappa shape index (κ1) is 15.8. The standard InChI is InChI=1S/C20H24N2O/c1-16(17-10-4-2-5-11-17)21-19(18-12-6-3-7-13-18)20(23)22-14-8-9-15-22/h2-7,10-13,16,19,21H,8-9,14-15H2,1H3. The molecule has 0 saturated carbocycles. The molecule has 120 valence electrons. The number of amides is 1. The molecule has 1 fully saturated rings. The second-order valence-corrected chi connectivity index (χ2v) is 6.18. The number of hydrogen-bond acceptors (Lipinski definition) is 2. The predicted molar refractivity (Wildman–Crippen MR) is 93.0 cm³/mol. The van der Waals surface area contributed by atoms with Crippen LogP contribution < -0.4 is 5.32 Å². The largest absolute Gasteiger partial charge is 0.341 e. The molecule has 2 unspecified atom stereocenters. The van der Waals surface area contributed by atoms with Gasteiger partial charge >= 0.3 is 0 Å². The molecule has 1 amide bonds. The Bertz CT molecular complexity index is 621. The Morgan fingerprint density at radius 2 is 1.43 bits per heavy atom. The van der Waals surface area contributed by atoms with Gasteiger partial charge in [-0.3, -0.25) is 10.1 Å². The van der Waals surface area contributed by atoms with E-state index in [9.17, 15) is 4.79 Å². The zero-order chi connectivity index (χ0) is 16.1. The van der Waals surface area contributed by atoms with Gasteiger partial charge in [-0.25, -0.2) is 0 Å². The van der Waals surface area contributed by atoms with Crippen LogP contribution in [0.3, 0.4) is 0 Å². The van der Waals surface area contributed by atoms with E-state index in [4.69, 9.17) is 0 Å². The monoisotopic (exact) mass is 308 g/mol. The van der Waals surface area contributed by atoms with Crippen molar-refractivity contribution in [3.63, 3.8) is 0 Å². The summed E-state index contributed by atoms with van der Waals surface area (Å²) in [6.07, 6.45) is 2.23. The molecule has 0 spiro atoms. The lowest BCUT2D eigenvalue weighted by atomic mass is 10.0. The minimum Gasteiger partial charge on any atom is -0.341 e. The first-order valence-corrected chi connectivity index (χ1v) is 8.40. The Morgan fingerprint density at radius 3 is 2.00 bits per heavy atom. The van der Waals surface area contributed by atoms with E-state index in [-0.39, 0.29) is 18.0 Å². The topological polar surface area (TPSA) is 32.3 Å². The van der Waals surface area contributed by atoms with Gasteiger partial charge < -0.3 is 4.90 Å². The second-order valence-electron chi connectivity index (χ2n) is 6.18. The molecular formula is C20H24N2O. The fraction of sp³-hybridized carbons (Fsp3) is 0.350. The summed E-state index contributed by atoms with van der Waals surface area (Å²) in [5, 5.41) is 3.54. The molecule has 0 radical (unpaired) electrons. The molecule has 2 atom stereocenters. The van der Waals surface area contributed by atoms with Crippen molar-refractivity contribution in [1.29, 1.82) is 0 Å². The highest BCUT2D eigenvalue weighted by Gasteiger charge is 2.28. The number of likely N-dealkylation sites (tertiary alicyclic amines) is 1. The van der Waals surface area contributed by atoms with Crippen molar-refractivity contribution in [2.75, 3.05) is 13.1 Å². The third-order valence-electron chi connectivity index (χ3n) is 4.51. The highest BCUT2D eigenvalue weighted by atomic mass is 16.2. The van der Waals surface area contributed by atoms with Gasteiger partial charge in [0, 0.05) is 19.1 Å². The SMILES string of the molecule is CC(NC(C(=O)N1CCCC1)c1ccccc1)c1ccccc1. The lowest BCUT2D eigenvalue weighted by Gasteiger charge is -2.27. The molecule has 0 bridgehead atoms. The van der Waals surface area contributed by atoms with Gasteiger partial charge in [-0.05, 0) is 30.9 Å². The average molecular weight is 308 g/mol. The molecule has 1 aliphatic heterocycles. The van der Waals surface area contributed by atoms with E-state index in [1.165, 1.54) is 5.56 Å². The summed E-state index contributed by atoms with van der Waals surface area (Å²) < 4.78 is 0. The van der Waals surface area contributed by atoms with Crippen molar-refractivity contribution in [3.8, 4) is 0 Å². The Balaban J connectivity index is 1.81. The van der Waals surface area contributed by atoms with E-state index in [1.54, 1.807) is 0 Å². The second kappa shape index (κ2) is 7.42. The Kier molecular flexibility index (Phi) is 5.09. The fourth-order valence-corrected chi connectivity index (χ4v) is 3.16. The molecule has 0 aliphatic carbocycles. The van der Waals surface area contributed by atoms with Gasteiger partial charge in [0.15, 0.2) is 0 Å². The quantitative estimate of drug-likeness (QED) is 0.913. The number of rotatable bonds is 5. The normalized spacial score (nSPS) is 17.0. The van der Waals surface area contributed by atoms with Crippen LogP contribution in [0.15, 0.2) is 60.7 Å². The van der Waals surface area contributed by atoms with Crippen molar-refractivity contribution in [1.82, 2.24) is 10.2 Å². The molecule has 1 N–H and O–H groups in total. The zero-order valence-electron chi connectivity index (χ0n) is 13.6. The first-order chi connectivity index (χ1) is 11.3. The van der Waals surface area contributed by atoms with Crippen LogP contribution in [0.2, 0.25) is 0 Å². The van der Waals surface area contributed by atoms with E-state index in [2.05, 4.69) is 24.4 Å². The third-order valence-corrected chi connectivity index (χ3v) is 4.51. The van der Waals surface area contributed by atoms with Gasteiger partial charge in [0.25, 0.3) is 0 Å². The summed E-state index contributed by atoms with van der Waals surface area (Å²) in [7, 11) is 0. The lowest BCUT2D eigenvalue weighted by molar-refractivity contribution is -0.132. The van der Waals surface area contributed by atoms with Gasteiger partial charge in [0.1, 0.15) is 6.04 Å². The van der Waals surface area contributed by atoms with E-state index >= 15 is 0 Å². The number of nitrogens with zero attached hydrogens (tertiary/aromatic N) is 1. The van der Waals surface area contributed by atoms with Crippen LogP contribution >= 0.6 is 0 Å². The molecule has 3 nitrogen and oxygen atoms in total. The Labute approximate surface area is 138 Å². The zero-order valence-corrected chi connectivity index (χ0v) is 13.6. The summed E-state index contributed by atoms with van der Waals surface area (Å²) in [6, 6.07) is 20.1. The van der Waals surface area contributed by atoms with Crippen molar-refractivity contribution in [3.05, 3.63) is 71.8 Å². The summed E-state index contributed by atoms with van der Waals surface area (Å²) >= 11 is 0. The van der Waals surface area contributed by atoms with Crippen molar-refractivity contribution in [2.45, 2.75) is 31.8 Å². The maximum atomic E-state index is 13.0. The molecule has 2 aromatic rings. The van der Waals surface area contributed by atoms with Crippen molar-refractivity contribution in [2.24, 2.45) is 0 Å². The molecule has 3 heteroatoms. The number of nitrogens with one attached hydrogen (secondary N) is 1. The van der Waals surface area contributed by atoms with Crippen LogP contribution in [0, 0.1) is 0 Å². The highest BCUT2D eigenvalue weighted by Crippen LogP contribution is 2.23. The minimum absolute atomic E-state index is 0.118. The molecular weight excluding hydrogens is 284 g/mol. The van der Waals surface area contributed by atoms with Crippen LogP contribution in [0.5, 0.6) is 0 Å². The maximum absolute atomic E-state index is 13.0. The van der Waals surface area contributed by atoms with Gasteiger partial charge in [-0.2, -0.15) is 0 Å². The van der Waals surface area contributed by atoms with Crippen LogP contribution in [0.1, 0.15) is 43.0 Å². The van der Waals surface area contributed by atoms with E-state index in [0.29, 0.717) is 0 Å².